The lowest BCUT2D eigenvalue weighted by Crippen LogP contribution is -2.51. The number of nitrogens with zero attached hydrogens (tertiary/aromatic N) is 3. The van der Waals surface area contributed by atoms with Crippen LogP contribution in [0.15, 0.2) is 30.3 Å². The quantitative estimate of drug-likeness (QED) is 0.819. The molecular formula is C18H29N3O2. The zero-order valence-electron chi connectivity index (χ0n) is 14.3. The smallest absolute Gasteiger partial charge is 0.253 e. The van der Waals surface area contributed by atoms with Crippen molar-refractivity contribution in [3.05, 3.63) is 35.9 Å². The van der Waals surface area contributed by atoms with Gasteiger partial charge in [0.05, 0.1) is 6.10 Å². The highest BCUT2D eigenvalue weighted by atomic mass is 16.3. The Kier molecular flexibility index (Phi) is 7.02. The Balaban J connectivity index is 1.76. The van der Waals surface area contributed by atoms with Gasteiger partial charge in [-0.25, -0.2) is 0 Å². The third kappa shape index (κ3) is 5.30. The maximum atomic E-state index is 12.4. The summed E-state index contributed by atoms with van der Waals surface area (Å²) in [5, 5.41) is 10.2. The van der Waals surface area contributed by atoms with Gasteiger partial charge >= 0.3 is 0 Å². The molecule has 0 aromatic heterocycles. The topological polar surface area (TPSA) is 47.0 Å². The minimum absolute atomic E-state index is 0.105. The van der Waals surface area contributed by atoms with Gasteiger partial charge in [0.15, 0.2) is 0 Å². The van der Waals surface area contributed by atoms with Crippen LogP contribution in [0.2, 0.25) is 0 Å². The molecular weight excluding hydrogens is 290 g/mol. The van der Waals surface area contributed by atoms with Gasteiger partial charge in [-0.1, -0.05) is 32.0 Å². The Hall–Kier alpha value is -1.43. The van der Waals surface area contributed by atoms with Gasteiger partial charge in [-0.15, -0.1) is 0 Å². The van der Waals surface area contributed by atoms with Crippen LogP contribution in [-0.4, -0.2) is 84.2 Å². The van der Waals surface area contributed by atoms with E-state index in [1.54, 1.807) is 0 Å². The summed E-state index contributed by atoms with van der Waals surface area (Å²) in [6.07, 6.45) is -0.328. The first kappa shape index (κ1) is 17.9. The van der Waals surface area contributed by atoms with E-state index in [1.165, 1.54) is 0 Å². The lowest BCUT2D eigenvalue weighted by Gasteiger charge is -2.36. The van der Waals surface area contributed by atoms with E-state index in [0.717, 1.165) is 51.4 Å². The molecule has 5 nitrogen and oxygen atoms in total. The van der Waals surface area contributed by atoms with Crippen LogP contribution in [0.4, 0.5) is 0 Å². The molecule has 1 heterocycles. The number of aliphatic hydroxyl groups excluding tert-OH is 1. The fourth-order valence-corrected chi connectivity index (χ4v) is 3.03. The van der Waals surface area contributed by atoms with Crippen LogP contribution in [0.3, 0.4) is 0 Å². The second-order valence-electron chi connectivity index (χ2n) is 6.10. The Morgan fingerprint density at radius 3 is 2.30 bits per heavy atom. The summed E-state index contributed by atoms with van der Waals surface area (Å²) in [4.78, 5) is 18.8. The molecule has 128 valence electrons. The SMILES string of the molecule is CCN(CC)CC(O)CN1CCN(C(=O)c2ccccc2)CC1. The molecule has 1 saturated heterocycles. The standard InChI is InChI=1S/C18H29N3O2/c1-3-19(4-2)14-17(22)15-20-10-12-21(13-11-20)18(23)16-8-6-5-7-9-16/h5-9,17,22H,3-4,10-15H2,1-2H3. The summed E-state index contributed by atoms with van der Waals surface area (Å²) in [6.45, 7) is 10.7. The van der Waals surface area contributed by atoms with E-state index in [1.807, 2.05) is 35.2 Å². The molecule has 0 bridgehead atoms. The summed E-state index contributed by atoms with van der Waals surface area (Å²) in [5.41, 5.74) is 0.752. The normalized spacial score (nSPS) is 17.5. The number of amides is 1. The number of carbonyl (C=O) groups is 1. The minimum atomic E-state index is -0.328. The predicted molar refractivity (Wildman–Crippen MR) is 92.6 cm³/mol. The molecule has 1 aliphatic rings. The van der Waals surface area contributed by atoms with Crippen LogP contribution >= 0.6 is 0 Å². The highest BCUT2D eigenvalue weighted by Crippen LogP contribution is 2.09. The summed E-state index contributed by atoms with van der Waals surface area (Å²) in [6, 6.07) is 9.44. The molecule has 5 heteroatoms. The van der Waals surface area contributed by atoms with Gasteiger partial charge in [0.25, 0.3) is 5.91 Å². The molecule has 1 aromatic carbocycles. The van der Waals surface area contributed by atoms with Crippen molar-refractivity contribution in [2.75, 3.05) is 52.4 Å². The second-order valence-corrected chi connectivity index (χ2v) is 6.10. The number of piperazine rings is 1. The number of hydrogen-bond donors (Lipinski definition) is 1. The minimum Gasteiger partial charge on any atom is -0.390 e. The first-order valence-corrected chi connectivity index (χ1v) is 8.61. The number of rotatable bonds is 7. The maximum absolute atomic E-state index is 12.4. The van der Waals surface area contributed by atoms with Crippen molar-refractivity contribution in [3.63, 3.8) is 0 Å². The summed E-state index contributed by atoms with van der Waals surface area (Å²) < 4.78 is 0. The van der Waals surface area contributed by atoms with Gasteiger partial charge in [0.1, 0.15) is 0 Å². The van der Waals surface area contributed by atoms with Crippen molar-refractivity contribution in [1.29, 1.82) is 0 Å². The van der Waals surface area contributed by atoms with Crippen LogP contribution in [0, 0.1) is 0 Å². The van der Waals surface area contributed by atoms with Crippen molar-refractivity contribution in [2.24, 2.45) is 0 Å². The molecule has 1 N–H and O–H groups in total. The van der Waals surface area contributed by atoms with E-state index in [-0.39, 0.29) is 12.0 Å². The summed E-state index contributed by atoms with van der Waals surface area (Å²) in [7, 11) is 0. The number of benzene rings is 1. The molecule has 0 aliphatic carbocycles. The van der Waals surface area contributed by atoms with Gasteiger partial charge in [-0.3, -0.25) is 9.69 Å². The van der Waals surface area contributed by atoms with E-state index >= 15 is 0 Å². The third-order valence-corrected chi connectivity index (χ3v) is 4.51. The Morgan fingerprint density at radius 2 is 1.74 bits per heavy atom. The zero-order chi connectivity index (χ0) is 16.7. The molecule has 1 unspecified atom stereocenters. The largest absolute Gasteiger partial charge is 0.390 e. The molecule has 0 saturated carbocycles. The monoisotopic (exact) mass is 319 g/mol. The van der Waals surface area contributed by atoms with Crippen LogP contribution in [-0.2, 0) is 0 Å². The molecule has 0 spiro atoms. The van der Waals surface area contributed by atoms with E-state index < -0.39 is 0 Å². The Bertz CT molecular complexity index is 468. The number of hydrogen-bond acceptors (Lipinski definition) is 4. The molecule has 1 atom stereocenters. The van der Waals surface area contributed by atoms with Gasteiger partial charge in [-0.2, -0.15) is 0 Å². The van der Waals surface area contributed by atoms with Crippen molar-refractivity contribution in [1.82, 2.24) is 14.7 Å². The van der Waals surface area contributed by atoms with Crippen molar-refractivity contribution >= 4 is 5.91 Å². The van der Waals surface area contributed by atoms with Crippen molar-refractivity contribution in [3.8, 4) is 0 Å². The zero-order valence-corrected chi connectivity index (χ0v) is 14.3. The maximum Gasteiger partial charge on any atom is 0.253 e. The first-order chi connectivity index (χ1) is 11.1. The first-order valence-electron chi connectivity index (χ1n) is 8.61. The molecule has 1 amide bonds. The van der Waals surface area contributed by atoms with Crippen LogP contribution in [0.1, 0.15) is 24.2 Å². The van der Waals surface area contributed by atoms with Gasteiger partial charge in [0, 0.05) is 44.8 Å². The fraction of sp³-hybridized carbons (Fsp3) is 0.611. The Labute approximate surface area is 139 Å². The number of aliphatic hydroxyl groups is 1. The Morgan fingerprint density at radius 1 is 1.13 bits per heavy atom. The number of carbonyl (C=O) groups excluding carboxylic acids is 1. The van der Waals surface area contributed by atoms with E-state index in [2.05, 4.69) is 23.6 Å². The van der Waals surface area contributed by atoms with Crippen LogP contribution < -0.4 is 0 Å². The summed E-state index contributed by atoms with van der Waals surface area (Å²) >= 11 is 0. The van der Waals surface area contributed by atoms with Crippen LogP contribution in [0.5, 0.6) is 0 Å². The van der Waals surface area contributed by atoms with Gasteiger partial charge < -0.3 is 14.9 Å². The van der Waals surface area contributed by atoms with Gasteiger partial charge in [-0.05, 0) is 25.2 Å². The van der Waals surface area contributed by atoms with Crippen molar-refractivity contribution in [2.45, 2.75) is 20.0 Å². The summed E-state index contributed by atoms with van der Waals surface area (Å²) in [5.74, 6) is 0.105. The fourth-order valence-electron chi connectivity index (χ4n) is 3.03. The highest BCUT2D eigenvalue weighted by Gasteiger charge is 2.23. The molecule has 2 rings (SSSR count). The number of likely N-dealkylation sites (N-methyl/N-ethyl adjacent to an activating group) is 1. The molecule has 0 radical (unpaired) electrons. The molecule has 1 fully saturated rings. The third-order valence-electron chi connectivity index (χ3n) is 4.51. The number of β-amino-alcohol motifs (C(OH)–C–C–N with tert-alkyl or cyclic N) is 1. The van der Waals surface area contributed by atoms with Crippen molar-refractivity contribution < 1.29 is 9.90 Å². The highest BCUT2D eigenvalue weighted by molar-refractivity contribution is 5.94. The lowest BCUT2D eigenvalue weighted by atomic mass is 10.2. The van der Waals surface area contributed by atoms with Crippen LogP contribution in [0.25, 0.3) is 0 Å². The molecule has 23 heavy (non-hydrogen) atoms. The molecule has 1 aliphatic heterocycles. The average Bonchev–Trinajstić information content (AvgIpc) is 2.60. The van der Waals surface area contributed by atoms with E-state index in [9.17, 15) is 9.90 Å². The second kappa shape index (κ2) is 9.01. The predicted octanol–water partition coefficient (Wildman–Crippen LogP) is 1.15. The van der Waals surface area contributed by atoms with E-state index in [4.69, 9.17) is 0 Å². The average molecular weight is 319 g/mol. The van der Waals surface area contributed by atoms with Gasteiger partial charge in [0.2, 0.25) is 0 Å². The molecule has 1 aromatic rings. The van der Waals surface area contributed by atoms with E-state index in [0.29, 0.717) is 6.54 Å². The lowest BCUT2D eigenvalue weighted by molar-refractivity contribution is 0.0444.